The number of aromatic nitrogens is 2. The molecular formula is C12H14N4OS3. The number of hydrogen-bond acceptors (Lipinski definition) is 7. The monoisotopic (exact) mass is 326 g/mol. The predicted octanol–water partition coefficient (Wildman–Crippen LogP) is 2.96. The summed E-state index contributed by atoms with van der Waals surface area (Å²) < 4.78 is 1.69. The molecule has 0 aliphatic rings. The molecule has 0 spiro atoms. The molecule has 1 aromatic heterocycles. The van der Waals surface area contributed by atoms with E-state index in [1.807, 2.05) is 19.2 Å². The minimum Gasteiger partial charge on any atom is -0.399 e. The van der Waals surface area contributed by atoms with Gasteiger partial charge in [0.25, 0.3) is 0 Å². The molecule has 0 bridgehead atoms. The molecule has 1 aromatic carbocycles. The SMILES string of the molecule is CSc1nnc(SC(C)C(=O)Nc2cccc(N)c2)s1. The third-order valence-corrected chi connectivity index (χ3v) is 5.45. The first-order valence-corrected chi connectivity index (χ1v) is 8.71. The molecule has 8 heteroatoms. The van der Waals surface area contributed by atoms with Crippen molar-refractivity contribution in [3.05, 3.63) is 24.3 Å². The van der Waals surface area contributed by atoms with Crippen LogP contribution in [0.25, 0.3) is 0 Å². The zero-order valence-corrected chi connectivity index (χ0v) is 13.4. The standard InChI is InChI=1S/C12H14N4OS3/c1-7(19-12-16-15-11(18-2)20-12)10(17)14-9-5-3-4-8(13)6-9/h3-7H,13H2,1-2H3,(H,14,17). The first-order valence-electron chi connectivity index (χ1n) is 5.79. The van der Waals surface area contributed by atoms with Gasteiger partial charge in [-0.3, -0.25) is 4.79 Å². The van der Waals surface area contributed by atoms with Crippen LogP contribution >= 0.6 is 34.9 Å². The number of benzene rings is 1. The lowest BCUT2D eigenvalue weighted by atomic mass is 10.3. The lowest BCUT2D eigenvalue weighted by molar-refractivity contribution is -0.115. The van der Waals surface area contributed by atoms with Crippen LogP contribution in [0.4, 0.5) is 11.4 Å². The Morgan fingerprint density at radius 2 is 2.15 bits per heavy atom. The molecule has 0 saturated carbocycles. The van der Waals surface area contributed by atoms with Crippen molar-refractivity contribution < 1.29 is 4.79 Å². The number of carbonyl (C=O) groups excluding carboxylic acids is 1. The maximum Gasteiger partial charge on any atom is 0.237 e. The van der Waals surface area contributed by atoms with E-state index in [0.717, 1.165) is 8.68 Å². The summed E-state index contributed by atoms with van der Waals surface area (Å²) >= 11 is 4.44. The van der Waals surface area contributed by atoms with Gasteiger partial charge in [-0.1, -0.05) is 40.9 Å². The largest absolute Gasteiger partial charge is 0.399 e. The van der Waals surface area contributed by atoms with Gasteiger partial charge in [0, 0.05) is 11.4 Å². The Kier molecular flexibility index (Phi) is 5.27. The topological polar surface area (TPSA) is 80.9 Å². The second-order valence-corrected chi connectivity index (χ2v) is 7.53. The number of nitrogens with zero attached hydrogens (tertiary/aromatic N) is 2. The normalized spacial score (nSPS) is 12.1. The van der Waals surface area contributed by atoms with E-state index in [2.05, 4.69) is 15.5 Å². The molecule has 20 heavy (non-hydrogen) atoms. The molecular weight excluding hydrogens is 312 g/mol. The molecule has 1 unspecified atom stereocenters. The van der Waals surface area contributed by atoms with E-state index < -0.39 is 0 Å². The Balaban J connectivity index is 1.95. The van der Waals surface area contributed by atoms with Crippen molar-refractivity contribution in [1.82, 2.24) is 10.2 Å². The zero-order valence-electron chi connectivity index (χ0n) is 11.0. The fraction of sp³-hybridized carbons (Fsp3) is 0.250. The van der Waals surface area contributed by atoms with Crippen LogP contribution in [0.5, 0.6) is 0 Å². The second kappa shape index (κ2) is 6.96. The highest BCUT2D eigenvalue weighted by Gasteiger charge is 2.17. The van der Waals surface area contributed by atoms with Crippen molar-refractivity contribution >= 4 is 52.1 Å². The molecule has 1 amide bonds. The van der Waals surface area contributed by atoms with Crippen LogP contribution in [-0.4, -0.2) is 27.6 Å². The molecule has 3 N–H and O–H groups in total. The van der Waals surface area contributed by atoms with Crippen molar-refractivity contribution in [2.45, 2.75) is 20.9 Å². The minimum atomic E-state index is -0.251. The van der Waals surface area contributed by atoms with E-state index in [1.54, 1.807) is 30.0 Å². The number of rotatable bonds is 5. The Morgan fingerprint density at radius 1 is 1.40 bits per heavy atom. The summed E-state index contributed by atoms with van der Waals surface area (Å²) in [7, 11) is 0. The number of nitrogens with one attached hydrogen (secondary N) is 1. The minimum absolute atomic E-state index is 0.0819. The number of anilines is 2. The number of nitrogen functional groups attached to an aromatic ring is 1. The van der Waals surface area contributed by atoms with E-state index >= 15 is 0 Å². The molecule has 2 rings (SSSR count). The van der Waals surface area contributed by atoms with Crippen molar-refractivity contribution in [3.63, 3.8) is 0 Å². The highest BCUT2D eigenvalue weighted by molar-refractivity contribution is 8.03. The van der Waals surface area contributed by atoms with Gasteiger partial charge in [0.1, 0.15) is 0 Å². The average Bonchev–Trinajstić information content (AvgIpc) is 2.86. The predicted molar refractivity (Wildman–Crippen MR) is 86.5 cm³/mol. The third-order valence-electron chi connectivity index (χ3n) is 2.36. The smallest absolute Gasteiger partial charge is 0.237 e. The van der Waals surface area contributed by atoms with Crippen molar-refractivity contribution in [2.75, 3.05) is 17.3 Å². The van der Waals surface area contributed by atoms with Crippen LogP contribution < -0.4 is 11.1 Å². The number of hydrogen-bond donors (Lipinski definition) is 2. The second-order valence-electron chi connectivity index (χ2n) is 3.91. The van der Waals surface area contributed by atoms with Gasteiger partial charge in [-0.05, 0) is 31.4 Å². The van der Waals surface area contributed by atoms with Crippen LogP contribution in [0.1, 0.15) is 6.92 Å². The van der Waals surface area contributed by atoms with Gasteiger partial charge in [0.2, 0.25) is 5.91 Å². The average molecular weight is 326 g/mol. The first-order chi connectivity index (χ1) is 9.58. The van der Waals surface area contributed by atoms with Crippen LogP contribution in [0, 0.1) is 0 Å². The van der Waals surface area contributed by atoms with Crippen LogP contribution in [0.15, 0.2) is 32.9 Å². The summed E-state index contributed by atoms with van der Waals surface area (Å²) in [6.45, 7) is 1.84. The summed E-state index contributed by atoms with van der Waals surface area (Å²) in [6.07, 6.45) is 1.95. The Labute approximate surface area is 129 Å². The molecule has 1 heterocycles. The molecule has 0 fully saturated rings. The highest BCUT2D eigenvalue weighted by Crippen LogP contribution is 2.30. The first kappa shape index (κ1) is 15.1. The summed E-state index contributed by atoms with van der Waals surface area (Å²) in [5, 5.41) is 10.6. The van der Waals surface area contributed by atoms with Crippen molar-refractivity contribution in [3.8, 4) is 0 Å². The van der Waals surface area contributed by atoms with E-state index in [-0.39, 0.29) is 11.2 Å². The van der Waals surface area contributed by atoms with Crippen LogP contribution in [0.2, 0.25) is 0 Å². The summed E-state index contributed by atoms with van der Waals surface area (Å²) in [6, 6.07) is 7.12. The van der Waals surface area contributed by atoms with Crippen LogP contribution in [-0.2, 0) is 4.79 Å². The van der Waals surface area contributed by atoms with Gasteiger partial charge in [-0.2, -0.15) is 0 Å². The lowest BCUT2D eigenvalue weighted by Gasteiger charge is -2.10. The van der Waals surface area contributed by atoms with Gasteiger partial charge in [0.15, 0.2) is 8.68 Å². The highest BCUT2D eigenvalue weighted by atomic mass is 32.2. The molecule has 5 nitrogen and oxygen atoms in total. The van der Waals surface area contributed by atoms with Gasteiger partial charge in [0.05, 0.1) is 5.25 Å². The summed E-state index contributed by atoms with van der Waals surface area (Å²) in [5.74, 6) is -0.0819. The summed E-state index contributed by atoms with van der Waals surface area (Å²) in [5.41, 5.74) is 7.00. The molecule has 0 saturated heterocycles. The Bertz CT molecular complexity index is 602. The van der Waals surface area contributed by atoms with Gasteiger partial charge >= 0.3 is 0 Å². The van der Waals surface area contributed by atoms with Gasteiger partial charge < -0.3 is 11.1 Å². The Hall–Kier alpha value is -1.25. The molecule has 0 aliphatic carbocycles. The zero-order chi connectivity index (χ0) is 14.5. The summed E-state index contributed by atoms with van der Waals surface area (Å²) in [4.78, 5) is 12.1. The molecule has 0 radical (unpaired) electrons. The van der Waals surface area contributed by atoms with Gasteiger partial charge in [-0.25, -0.2) is 0 Å². The fourth-order valence-corrected chi connectivity index (χ4v) is 3.97. The fourth-order valence-electron chi connectivity index (χ4n) is 1.39. The third kappa shape index (κ3) is 4.12. The number of carbonyl (C=O) groups is 1. The van der Waals surface area contributed by atoms with E-state index in [1.165, 1.54) is 23.1 Å². The maximum atomic E-state index is 12.1. The number of amides is 1. The lowest BCUT2D eigenvalue weighted by Crippen LogP contribution is -2.22. The maximum absolute atomic E-state index is 12.1. The number of thioether (sulfide) groups is 2. The molecule has 106 valence electrons. The molecule has 1 atom stereocenters. The van der Waals surface area contributed by atoms with E-state index in [9.17, 15) is 4.79 Å². The van der Waals surface area contributed by atoms with Crippen molar-refractivity contribution in [1.29, 1.82) is 0 Å². The van der Waals surface area contributed by atoms with Crippen molar-refractivity contribution in [2.24, 2.45) is 0 Å². The molecule has 2 aromatic rings. The number of nitrogens with two attached hydrogens (primary N) is 1. The van der Waals surface area contributed by atoms with Crippen LogP contribution in [0.3, 0.4) is 0 Å². The van der Waals surface area contributed by atoms with E-state index in [4.69, 9.17) is 5.73 Å². The molecule has 0 aliphatic heterocycles. The van der Waals surface area contributed by atoms with Gasteiger partial charge in [-0.15, -0.1) is 10.2 Å². The quantitative estimate of drug-likeness (QED) is 0.649. The van der Waals surface area contributed by atoms with E-state index in [0.29, 0.717) is 11.4 Å². The Morgan fingerprint density at radius 3 is 2.80 bits per heavy atom.